The van der Waals surface area contributed by atoms with Crippen molar-refractivity contribution < 1.29 is 0 Å². The molecule has 0 aromatic carbocycles. The molecule has 0 radical (unpaired) electrons. The van der Waals surface area contributed by atoms with Crippen molar-refractivity contribution in [2.24, 2.45) is 5.92 Å². The Morgan fingerprint density at radius 1 is 1.50 bits per heavy atom. The SMILES string of the molecule is C=C/C=C\C=C(/C)CN1CC[C@@H](C)C1. The summed E-state index contributed by atoms with van der Waals surface area (Å²) >= 11 is 0. The van der Waals surface area contributed by atoms with Gasteiger partial charge in [0.2, 0.25) is 0 Å². The topological polar surface area (TPSA) is 3.24 Å². The van der Waals surface area contributed by atoms with E-state index in [9.17, 15) is 0 Å². The summed E-state index contributed by atoms with van der Waals surface area (Å²) in [6, 6.07) is 0. The molecular formula is C13H21N. The van der Waals surface area contributed by atoms with Crippen molar-refractivity contribution in [1.29, 1.82) is 0 Å². The summed E-state index contributed by atoms with van der Waals surface area (Å²) in [5.41, 5.74) is 1.43. The van der Waals surface area contributed by atoms with Gasteiger partial charge in [0, 0.05) is 13.1 Å². The molecule has 1 heterocycles. The molecule has 1 saturated heterocycles. The molecule has 1 atom stereocenters. The molecule has 0 amide bonds. The Labute approximate surface area is 87.8 Å². The summed E-state index contributed by atoms with van der Waals surface area (Å²) in [5, 5.41) is 0. The second-order valence-electron chi connectivity index (χ2n) is 4.26. The first-order chi connectivity index (χ1) is 6.72. The molecule has 0 aliphatic carbocycles. The third-order valence-corrected chi connectivity index (χ3v) is 2.61. The quantitative estimate of drug-likeness (QED) is 0.617. The first kappa shape index (κ1) is 11.3. The lowest BCUT2D eigenvalue weighted by molar-refractivity contribution is 0.356. The number of hydrogen-bond donors (Lipinski definition) is 0. The molecule has 14 heavy (non-hydrogen) atoms. The number of allylic oxidation sites excluding steroid dienone is 4. The van der Waals surface area contributed by atoms with Gasteiger partial charge in [-0.1, -0.05) is 43.4 Å². The highest BCUT2D eigenvalue weighted by Crippen LogP contribution is 2.15. The molecule has 1 rings (SSSR count). The van der Waals surface area contributed by atoms with Crippen molar-refractivity contribution in [3.05, 3.63) is 36.5 Å². The van der Waals surface area contributed by atoms with Gasteiger partial charge in [0.25, 0.3) is 0 Å². The highest BCUT2D eigenvalue weighted by atomic mass is 15.1. The predicted molar refractivity (Wildman–Crippen MR) is 63.3 cm³/mol. The van der Waals surface area contributed by atoms with Crippen molar-refractivity contribution in [2.75, 3.05) is 19.6 Å². The van der Waals surface area contributed by atoms with Gasteiger partial charge in [0.1, 0.15) is 0 Å². The van der Waals surface area contributed by atoms with E-state index in [1.54, 1.807) is 0 Å². The molecule has 78 valence electrons. The molecule has 0 unspecified atom stereocenters. The minimum Gasteiger partial charge on any atom is -0.299 e. The molecule has 1 nitrogen and oxygen atoms in total. The Hall–Kier alpha value is -0.820. The summed E-state index contributed by atoms with van der Waals surface area (Å²) < 4.78 is 0. The normalized spacial score (nSPS) is 24.7. The Balaban J connectivity index is 2.32. The molecule has 1 aliphatic rings. The van der Waals surface area contributed by atoms with Crippen LogP contribution in [0, 0.1) is 5.92 Å². The van der Waals surface area contributed by atoms with E-state index >= 15 is 0 Å². The first-order valence-corrected chi connectivity index (χ1v) is 5.39. The van der Waals surface area contributed by atoms with E-state index in [-0.39, 0.29) is 0 Å². The summed E-state index contributed by atoms with van der Waals surface area (Å²) in [7, 11) is 0. The Bertz CT molecular complexity index is 238. The zero-order valence-electron chi connectivity index (χ0n) is 9.37. The van der Waals surface area contributed by atoms with Gasteiger partial charge in [-0.25, -0.2) is 0 Å². The van der Waals surface area contributed by atoms with Crippen LogP contribution in [0.3, 0.4) is 0 Å². The lowest BCUT2D eigenvalue weighted by atomic mass is 10.2. The van der Waals surface area contributed by atoms with Gasteiger partial charge in [0.05, 0.1) is 0 Å². The predicted octanol–water partition coefficient (Wildman–Crippen LogP) is 3.02. The van der Waals surface area contributed by atoms with Gasteiger partial charge in [-0.05, 0) is 25.8 Å². The van der Waals surface area contributed by atoms with Crippen molar-refractivity contribution in [2.45, 2.75) is 20.3 Å². The largest absolute Gasteiger partial charge is 0.299 e. The number of hydrogen-bond acceptors (Lipinski definition) is 1. The second-order valence-corrected chi connectivity index (χ2v) is 4.26. The van der Waals surface area contributed by atoms with Crippen LogP contribution in [-0.4, -0.2) is 24.5 Å². The summed E-state index contributed by atoms with van der Waals surface area (Å²) in [6.07, 6.45) is 9.36. The van der Waals surface area contributed by atoms with Gasteiger partial charge in [0.15, 0.2) is 0 Å². The molecule has 1 heteroatoms. The van der Waals surface area contributed by atoms with Crippen LogP contribution in [0.4, 0.5) is 0 Å². The molecule has 0 aromatic rings. The maximum atomic E-state index is 3.64. The standard InChI is InChI=1S/C13H21N/c1-4-5-6-7-12(2)10-14-9-8-13(3)11-14/h4-7,13H,1,8-11H2,2-3H3/b6-5-,12-7+/t13-/m1/s1. The van der Waals surface area contributed by atoms with Crippen LogP contribution < -0.4 is 0 Å². The summed E-state index contributed by atoms with van der Waals surface area (Å²) in [4.78, 5) is 2.53. The third-order valence-electron chi connectivity index (χ3n) is 2.61. The van der Waals surface area contributed by atoms with Crippen molar-refractivity contribution in [1.82, 2.24) is 4.90 Å². The molecule has 0 bridgehead atoms. The van der Waals surface area contributed by atoms with Crippen molar-refractivity contribution >= 4 is 0 Å². The number of nitrogens with zero attached hydrogens (tertiary/aromatic N) is 1. The van der Waals surface area contributed by atoms with Gasteiger partial charge in [-0.15, -0.1) is 0 Å². The Kier molecular flexibility index (Phi) is 4.68. The zero-order valence-corrected chi connectivity index (χ0v) is 9.37. The van der Waals surface area contributed by atoms with Crippen LogP contribution in [0.1, 0.15) is 20.3 Å². The first-order valence-electron chi connectivity index (χ1n) is 5.39. The fourth-order valence-electron chi connectivity index (χ4n) is 1.87. The van der Waals surface area contributed by atoms with Crippen LogP contribution in [0.2, 0.25) is 0 Å². The van der Waals surface area contributed by atoms with E-state index in [4.69, 9.17) is 0 Å². The lowest BCUT2D eigenvalue weighted by Gasteiger charge is -2.14. The van der Waals surface area contributed by atoms with E-state index in [0.29, 0.717) is 0 Å². The summed E-state index contributed by atoms with van der Waals surface area (Å²) in [6.45, 7) is 11.8. The van der Waals surface area contributed by atoms with E-state index in [0.717, 1.165) is 12.5 Å². The highest BCUT2D eigenvalue weighted by Gasteiger charge is 2.17. The summed E-state index contributed by atoms with van der Waals surface area (Å²) in [5.74, 6) is 0.881. The molecule has 0 spiro atoms. The monoisotopic (exact) mass is 191 g/mol. The molecule has 0 N–H and O–H groups in total. The Morgan fingerprint density at radius 3 is 2.86 bits per heavy atom. The van der Waals surface area contributed by atoms with E-state index in [1.807, 2.05) is 12.2 Å². The van der Waals surface area contributed by atoms with Crippen molar-refractivity contribution in [3.63, 3.8) is 0 Å². The van der Waals surface area contributed by atoms with Gasteiger partial charge in [-0.2, -0.15) is 0 Å². The fraction of sp³-hybridized carbons (Fsp3) is 0.538. The van der Waals surface area contributed by atoms with E-state index in [2.05, 4.69) is 37.5 Å². The average Bonchev–Trinajstić information content (AvgIpc) is 2.52. The van der Waals surface area contributed by atoms with Crippen LogP contribution in [0.5, 0.6) is 0 Å². The average molecular weight is 191 g/mol. The third kappa shape index (κ3) is 3.93. The van der Waals surface area contributed by atoms with Crippen LogP contribution >= 0.6 is 0 Å². The molecular weight excluding hydrogens is 170 g/mol. The van der Waals surface area contributed by atoms with Gasteiger partial charge in [-0.3, -0.25) is 4.90 Å². The smallest absolute Gasteiger partial charge is 0.0193 e. The minimum absolute atomic E-state index is 0.881. The number of likely N-dealkylation sites (tertiary alicyclic amines) is 1. The van der Waals surface area contributed by atoms with Crippen molar-refractivity contribution in [3.8, 4) is 0 Å². The van der Waals surface area contributed by atoms with E-state index < -0.39 is 0 Å². The highest BCUT2D eigenvalue weighted by molar-refractivity contribution is 5.15. The molecule has 0 aromatic heterocycles. The zero-order chi connectivity index (χ0) is 10.4. The second kappa shape index (κ2) is 5.82. The van der Waals surface area contributed by atoms with Crippen LogP contribution in [-0.2, 0) is 0 Å². The Morgan fingerprint density at radius 2 is 2.29 bits per heavy atom. The van der Waals surface area contributed by atoms with Gasteiger partial charge >= 0.3 is 0 Å². The van der Waals surface area contributed by atoms with Gasteiger partial charge < -0.3 is 0 Å². The van der Waals surface area contributed by atoms with Crippen LogP contribution in [0.15, 0.2) is 36.5 Å². The number of rotatable bonds is 4. The van der Waals surface area contributed by atoms with E-state index in [1.165, 1.54) is 25.1 Å². The minimum atomic E-state index is 0.881. The van der Waals surface area contributed by atoms with Crippen LogP contribution in [0.25, 0.3) is 0 Å². The molecule has 0 saturated carbocycles. The fourth-order valence-corrected chi connectivity index (χ4v) is 1.87. The molecule has 1 fully saturated rings. The lowest BCUT2D eigenvalue weighted by Crippen LogP contribution is -2.22. The maximum Gasteiger partial charge on any atom is 0.0193 e. The maximum absolute atomic E-state index is 3.64. The molecule has 1 aliphatic heterocycles.